The Morgan fingerprint density at radius 3 is 2.59 bits per heavy atom. The molecule has 0 unspecified atom stereocenters. The van der Waals surface area contributed by atoms with Gasteiger partial charge >= 0.3 is 0 Å². The number of oxazole rings is 1. The van der Waals surface area contributed by atoms with Crippen molar-refractivity contribution in [3.8, 4) is 17.1 Å². The average molecular weight is 391 g/mol. The number of hydrogen-bond acceptors (Lipinski definition) is 8. The second-order valence-corrected chi connectivity index (χ2v) is 6.94. The van der Waals surface area contributed by atoms with Crippen molar-refractivity contribution >= 4 is 17.1 Å². The summed E-state index contributed by atoms with van der Waals surface area (Å²) in [5.74, 6) is 1.87. The van der Waals surface area contributed by atoms with Crippen LogP contribution in [0.1, 0.15) is 5.89 Å². The number of fused-ring (bicyclic) bond motifs is 1. The lowest BCUT2D eigenvalue weighted by Gasteiger charge is -2.32. The zero-order valence-corrected chi connectivity index (χ0v) is 16.1. The Morgan fingerprint density at radius 2 is 1.76 bits per heavy atom. The molecule has 0 spiro atoms. The fraction of sp³-hybridized carbons (Fsp3) is 0.286. The molecular formula is C21H21N5O3. The highest BCUT2D eigenvalue weighted by Gasteiger charge is 2.23. The van der Waals surface area contributed by atoms with Crippen LogP contribution < -0.4 is 9.64 Å². The maximum atomic E-state index is 5.88. The molecule has 8 heteroatoms. The van der Waals surface area contributed by atoms with Crippen molar-refractivity contribution in [2.75, 3.05) is 38.2 Å². The molecule has 1 saturated heterocycles. The molecule has 0 atom stereocenters. The Kier molecular flexibility index (Phi) is 4.61. The minimum atomic E-state index is 0.544. The molecule has 0 aliphatic carbocycles. The third-order valence-electron chi connectivity index (χ3n) is 5.10. The minimum absolute atomic E-state index is 0.544. The minimum Gasteiger partial charge on any atom is -0.496 e. The zero-order valence-electron chi connectivity index (χ0n) is 16.1. The smallest absolute Gasteiger partial charge is 0.298 e. The Hall–Kier alpha value is -3.39. The van der Waals surface area contributed by atoms with Crippen LogP contribution in [-0.4, -0.2) is 53.3 Å². The summed E-state index contributed by atoms with van der Waals surface area (Å²) in [6.45, 7) is 4.01. The Labute approximate surface area is 167 Å². The number of ether oxygens (including phenoxy) is 1. The maximum Gasteiger partial charge on any atom is 0.298 e. The van der Waals surface area contributed by atoms with Crippen LogP contribution in [0, 0.1) is 0 Å². The van der Waals surface area contributed by atoms with E-state index in [2.05, 4.69) is 24.9 Å². The van der Waals surface area contributed by atoms with Crippen LogP contribution in [-0.2, 0) is 6.54 Å². The summed E-state index contributed by atoms with van der Waals surface area (Å²) < 4.78 is 16.7. The molecule has 0 saturated carbocycles. The molecule has 4 aromatic rings. The first-order chi connectivity index (χ1) is 14.3. The van der Waals surface area contributed by atoms with Crippen molar-refractivity contribution in [3.05, 3.63) is 54.4 Å². The van der Waals surface area contributed by atoms with E-state index in [9.17, 15) is 0 Å². The molecule has 2 aromatic heterocycles. The van der Waals surface area contributed by atoms with E-state index in [1.807, 2.05) is 48.5 Å². The van der Waals surface area contributed by atoms with E-state index in [0.717, 1.165) is 48.6 Å². The number of nitrogens with zero attached hydrogens (tertiary/aromatic N) is 5. The molecule has 2 aromatic carbocycles. The molecule has 5 rings (SSSR count). The van der Waals surface area contributed by atoms with Gasteiger partial charge in [0.25, 0.3) is 6.01 Å². The predicted molar refractivity (Wildman–Crippen MR) is 108 cm³/mol. The highest BCUT2D eigenvalue weighted by Crippen LogP contribution is 2.27. The van der Waals surface area contributed by atoms with Crippen LogP contribution in [0.25, 0.3) is 22.5 Å². The third kappa shape index (κ3) is 3.54. The van der Waals surface area contributed by atoms with Gasteiger partial charge in [0, 0.05) is 26.2 Å². The Balaban J connectivity index is 1.23. The van der Waals surface area contributed by atoms with E-state index in [1.165, 1.54) is 0 Å². The second-order valence-electron chi connectivity index (χ2n) is 6.94. The molecule has 1 aliphatic heterocycles. The fourth-order valence-electron chi connectivity index (χ4n) is 3.54. The van der Waals surface area contributed by atoms with Gasteiger partial charge in [0.15, 0.2) is 5.58 Å². The molecule has 0 bridgehead atoms. The maximum absolute atomic E-state index is 5.88. The lowest BCUT2D eigenvalue weighted by Crippen LogP contribution is -2.46. The standard InChI is InChI=1S/C21H21N5O3/c1-27-17-8-4-2-6-15(17)20-23-19(29-24-20)14-25-10-12-26(13-11-25)21-22-16-7-3-5-9-18(16)28-21/h2-9H,10-14H2,1H3. The van der Waals surface area contributed by atoms with Crippen molar-refractivity contribution in [1.82, 2.24) is 20.0 Å². The number of rotatable bonds is 5. The number of hydrogen-bond donors (Lipinski definition) is 0. The molecule has 8 nitrogen and oxygen atoms in total. The summed E-state index contributed by atoms with van der Waals surface area (Å²) in [6, 6.07) is 16.2. The molecule has 0 N–H and O–H groups in total. The van der Waals surface area contributed by atoms with Gasteiger partial charge in [-0.3, -0.25) is 4.90 Å². The Morgan fingerprint density at radius 1 is 0.966 bits per heavy atom. The Bertz CT molecular complexity index is 1080. The molecule has 148 valence electrons. The number of piperazine rings is 1. The van der Waals surface area contributed by atoms with Gasteiger partial charge in [0.1, 0.15) is 11.3 Å². The molecule has 29 heavy (non-hydrogen) atoms. The van der Waals surface area contributed by atoms with E-state index >= 15 is 0 Å². The van der Waals surface area contributed by atoms with Crippen molar-refractivity contribution in [2.45, 2.75) is 6.54 Å². The topological polar surface area (TPSA) is 80.7 Å². The number of anilines is 1. The summed E-state index contributed by atoms with van der Waals surface area (Å²) in [5, 5.41) is 4.12. The lowest BCUT2D eigenvalue weighted by atomic mass is 10.2. The molecule has 1 fully saturated rings. The first kappa shape index (κ1) is 17.7. The highest BCUT2D eigenvalue weighted by molar-refractivity contribution is 5.74. The van der Waals surface area contributed by atoms with Crippen LogP contribution in [0.15, 0.2) is 57.5 Å². The average Bonchev–Trinajstić information content (AvgIpc) is 3.41. The van der Waals surface area contributed by atoms with Gasteiger partial charge in [0.05, 0.1) is 19.2 Å². The van der Waals surface area contributed by atoms with Gasteiger partial charge in [0.2, 0.25) is 11.7 Å². The lowest BCUT2D eigenvalue weighted by molar-refractivity contribution is 0.213. The predicted octanol–water partition coefficient (Wildman–Crippen LogP) is 3.21. The van der Waals surface area contributed by atoms with Crippen LogP contribution in [0.4, 0.5) is 6.01 Å². The fourth-order valence-corrected chi connectivity index (χ4v) is 3.54. The molecular weight excluding hydrogens is 370 g/mol. The first-order valence-electron chi connectivity index (χ1n) is 9.59. The van der Waals surface area contributed by atoms with E-state index in [1.54, 1.807) is 7.11 Å². The van der Waals surface area contributed by atoms with Gasteiger partial charge in [-0.05, 0) is 24.3 Å². The number of benzene rings is 2. The number of para-hydroxylation sites is 3. The summed E-state index contributed by atoms with van der Waals surface area (Å²) in [6.07, 6.45) is 0. The first-order valence-corrected chi connectivity index (χ1v) is 9.59. The molecule has 0 radical (unpaired) electrons. The van der Waals surface area contributed by atoms with Crippen LogP contribution in [0.2, 0.25) is 0 Å². The van der Waals surface area contributed by atoms with Gasteiger partial charge < -0.3 is 18.6 Å². The molecule has 1 aliphatic rings. The highest BCUT2D eigenvalue weighted by atomic mass is 16.5. The van der Waals surface area contributed by atoms with Crippen molar-refractivity contribution in [2.24, 2.45) is 0 Å². The summed E-state index contributed by atoms with van der Waals surface area (Å²) >= 11 is 0. The van der Waals surface area contributed by atoms with Crippen molar-refractivity contribution in [1.29, 1.82) is 0 Å². The van der Waals surface area contributed by atoms with E-state index in [0.29, 0.717) is 24.3 Å². The number of aromatic nitrogens is 3. The largest absolute Gasteiger partial charge is 0.496 e. The van der Waals surface area contributed by atoms with E-state index in [-0.39, 0.29) is 0 Å². The summed E-state index contributed by atoms with van der Waals surface area (Å²) in [5.41, 5.74) is 2.53. The van der Waals surface area contributed by atoms with Crippen molar-refractivity contribution < 1.29 is 13.7 Å². The van der Waals surface area contributed by atoms with Gasteiger partial charge in [-0.1, -0.05) is 29.4 Å². The SMILES string of the molecule is COc1ccccc1-c1noc(CN2CCN(c3nc4ccccc4o3)CC2)n1. The third-order valence-corrected chi connectivity index (χ3v) is 5.10. The summed E-state index contributed by atoms with van der Waals surface area (Å²) in [7, 11) is 1.64. The van der Waals surface area contributed by atoms with Gasteiger partial charge in [-0.2, -0.15) is 9.97 Å². The second kappa shape index (κ2) is 7.56. The van der Waals surface area contributed by atoms with Crippen molar-refractivity contribution in [3.63, 3.8) is 0 Å². The van der Waals surface area contributed by atoms with Gasteiger partial charge in [-0.25, -0.2) is 0 Å². The van der Waals surface area contributed by atoms with E-state index < -0.39 is 0 Å². The van der Waals surface area contributed by atoms with Crippen LogP contribution >= 0.6 is 0 Å². The normalized spacial score (nSPS) is 15.1. The monoisotopic (exact) mass is 391 g/mol. The van der Waals surface area contributed by atoms with Gasteiger partial charge in [-0.15, -0.1) is 0 Å². The zero-order chi connectivity index (χ0) is 19.6. The number of methoxy groups -OCH3 is 1. The van der Waals surface area contributed by atoms with Crippen LogP contribution in [0.5, 0.6) is 5.75 Å². The summed E-state index contributed by atoms with van der Waals surface area (Å²) in [4.78, 5) is 13.6. The van der Waals surface area contributed by atoms with E-state index in [4.69, 9.17) is 13.7 Å². The van der Waals surface area contributed by atoms with Crippen LogP contribution in [0.3, 0.4) is 0 Å². The molecule has 3 heterocycles. The molecule has 0 amide bonds. The quantitative estimate of drug-likeness (QED) is 0.513.